The summed E-state index contributed by atoms with van der Waals surface area (Å²) in [7, 11) is 3.66. The van der Waals surface area contributed by atoms with Crippen molar-refractivity contribution >= 4 is 5.91 Å². The molecule has 0 aliphatic carbocycles. The molecule has 0 saturated carbocycles. The van der Waals surface area contributed by atoms with Crippen molar-refractivity contribution in [3.63, 3.8) is 0 Å². The van der Waals surface area contributed by atoms with Gasteiger partial charge in [0.15, 0.2) is 0 Å². The van der Waals surface area contributed by atoms with E-state index in [2.05, 4.69) is 26.3 Å². The molecule has 0 aliphatic heterocycles. The van der Waals surface area contributed by atoms with Gasteiger partial charge in [0.1, 0.15) is 0 Å². The van der Waals surface area contributed by atoms with Gasteiger partial charge in [-0.15, -0.1) is 0 Å². The molecular formula is C17H31N3O2. The van der Waals surface area contributed by atoms with E-state index in [1.807, 2.05) is 38.4 Å². The summed E-state index contributed by atoms with van der Waals surface area (Å²) in [6.07, 6.45) is 0.757. The van der Waals surface area contributed by atoms with E-state index in [9.17, 15) is 4.79 Å². The molecule has 0 atom stereocenters. The largest absolute Gasteiger partial charge is 0.326 e. The van der Waals surface area contributed by atoms with E-state index in [-0.39, 0.29) is 5.91 Å². The molecule has 0 aliphatic rings. The molecule has 5 nitrogen and oxygen atoms in total. The first-order valence-electron chi connectivity index (χ1n) is 7.68. The number of nitrogens with zero attached hydrogens (tertiary/aromatic N) is 1. The number of likely N-dealkylation sites (N-methyl/N-ethyl adjacent to an activating group) is 1. The Morgan fingerprint density at radius 3 is 2.14 bits per heavy atom. The average Bonchev–Trinajstić information content (AvgIpc) is 2.43. The molecule has 0 radical (unpaired) electrons. The van der Waals surface area contributed by atoms with Gasteiger partial charge in [-0.2, -0.15) is 0 Å². The second-order valence-electron chi connectivity index (χ2n) is 6.11. The molecule has 0 spiro atoms. The van der Waals surface area contributed by atoms with Gasteiger partial charge in [-0.1, -0.05) is 45.0 Å². The molecule has 5 heteroatoms. The molecule has 1 aromatic carbocycles. The van der Waals surface area contributed by atoms with Gasteiger partial charge in [-0.3, -0.25) is 9.63 Å². The first kappa shape index (κ1) is 20.6. The molecule has 1 amide bonds. The van der Waals surface area contributed by atoms with Crippen LogP contribution in [0, 0.1) is 5.92 Å². The fourth-order valence-electron chi connectivity index (χ4n) is 1.46. The lowest BCUT2D eigenvalue weighted by molar-refractivity contribution is -0.134. The van der Waals surface area contributed by atoms with Crippen LogP contribution in [-0.2, 0) is 22.6 Å². The maximum atomic E-state index is 11.3. The lowest BCUT2D eigenvalue weighted by atomic mass is 10.1. The maximum absolute atomic E-state index is 11.3. The van der Waals surface area contributed by atoms with Crippen molar-refractivity contribution in [2.45, 2.75) is 33.7 Å². The Hall–Kier alpha value is -1.43. The van der Waals surface area contributed by atoms with E-state index in [4.69, 9.17) is 10.6 Å². The molecule has 126 valence electrons. The summed E-state index contributed by atoms with van der Waals surface area (Å²) < 4.78 is 0. The highest BCUT2D eigenvalue weighted by Crippen LogP contribution is 2.04. The fraction of sp³-hybridized carbons (Fsp3) is 0.588. The van der Waals surface area contributed by atoms with E-state index in [0.29, 0.717) is 19.7 Å². The van der Waals surface area contributed by atoms with Crippen LogP contribution in [0.25, 0.3) is 0 Å². The predicted octanol–water partition coefficient (Wildman–Crippen LogP) is 1.96. The number of nitrogens with two attached hydrogens (primary N) is 1. The van der Waals surface area contributed by atoms with Crippen molar-refractivity contribution in [1.29, 1.82) is 0 Å². The Kier molecular flexibility index (Phi) is 11.4. The third-order valence-corrected chi connectivity index (χ3v) is 2.40. The van der Waals surface area contributed by atoms with Gasteiger partial charge in [0, 0.05) is 6.54 Å². The minimum atomic E-state index is -0.140. The summed E-state index contributed by atoms with van der Waals surface area (Å²) in [5, 5.41) is 0. The van der Waals surface area contributed by atoms with E-state index >= 15 is 0 Å². The first-order valence-corrected chi connectivity index (χ1v) is 7.68. The van der Waals surface area contributed by atoms with Crippen molar-refractivity contribution in [3.8, 4) is 0 Å². The molecule has 22 heavy (non-hydrogen) atoms. The van der Waals surface area contributed by atoms with Gasteiger partial charge in [0.05, 0.1) is 13.2 Å². The third kappa shape index (κ3) is 12.3. The summed E-state index contributed by atoms with van der Waals surface area (Å²) in [6.45, 7) is 7.84. The van der Waals surface area contributed by atoms with Crippen LogP contribution in [0.15, 0.2) is 24.3 Å². The van der Waals surface area contributed by atoms with Gasteiger partial charge < -0.3 is 10.6 Å². The summed E-state index contributed by atoms with van der Waals surface area (Å²) in [4.78, 5) is 18.1. The van der Waals surface area contributed by atoms with Crippen LogP contribution < -0.4 is 11.2 Å². The molecule has 1 rings (SSSR count). The van der Waals surface area contributed by atoms with Gasteiger partial charge in [0.2, 0.25) is 0 Å². The van der Waals surface area contributed by atoms with Gasteiger partial charge in [-0.05, 0) is 37.6 Å². The highest BCUT2D eigenvalue weighted by atomic mass is 16.6. The molecular weight excluding hydrogens is 278 g/mol. The van der Waals surface area contributed by atoms with Crippen LogP contribution >= 0.6 is 0 Å². The highest BCUT2D eigenvalue weighted by Gasteiger charge is 2.02. The first-order chi connectivity index (χ1) is 10.3. The smallest absolute Gasteiger partial charge is 0.257 e. The van der Waals surface area contributed by atoms with Crippen molar-refractivity contribution in [2.75, 3.05) is 27.2 Å². The van der Waals surface area contributed by atoms with Crippen LogP contribution in [0.4, 0.5) is 0 Å². The van der Waals surface area contributed by atoms with E-state index in [1.165, 1.54) is 0 Å². The Labute approximate surface area is 134 Å². The number of carbonyl (C=O) groups is 1. The third-order valence-electron chi connectivity index (χ3n) is 2.40. The zero-order chi connectivity index (χ0) is 17.0. The maximum Gasteiger partial charge on any atom is 0.257 e. The number of benzene rings is 1. The second kappa shape index (κ2) is 12.1. The number of nitrogens with one attached hydrogen (secondary N) is 1. The Bertz CT molecular complexity index is 400. The number of amides is 1. The number of hydroxylamine groups is 1. The van der Waals surface area contributed by atoms with E-state index in [0.717, 1.165) is 23.5 Å². The second-order valence-corrected chi connectivity index (χ2v) is 6.11. The lowest BCUT2D eigenvalue weighted by Crippen LogP contribution is -2.33. The molecule has 0 heterocycles. The number of rotatable bonds is 7. The molecule has 0 saturated heterocycles. The number of carbonyl (C=O) groups excluding carboxylic acids is 1. The highest BCUT2D eigenvalue weighted by molar-refractivity contribution is 5.76. The zero-order valence-corrected chi connectivity index (χ0v) is 14.6. The summed E-state index contributed by atoms with van der Waals surface area (Å²) in [6, 6.07) is 8.04. The Balaban J connectivity index is 0.000000980. The summed E-state index contributed by atoms with van der Waals surface area (Å²) >= 11 is 0. The molecule has 3 N–H and O–H groups in total. The van der Waals surface area contributed by atoms with Crippen molar-refractivity contribution < 1.29 is 9.63 Å². The topological polar surface area (TPSA) is 67.6 Å². The van der Waals surface area contributed by atoms with Gasteiger partial charge >= 0.3 is 0 Å². The van der Waals surface area contributed by atoms with Crippen LogP contribution in [0.5, 0.6) is 0 Å². The van der Waals surface area contributed by atoms with Crippen molar-refractivity contribution in [2.24, 2.45) is 11.7 Å². The van der Waals surface area contributed by atoms with Crippen molar-refractivity contribution in [3.05, 3.63) is 35.4 Å². The molecule has 1 aromatic rings. The summed E-state index contributed by atoms with van der Waals surface area (Å²) in [5.74, 6) is 0.693. The average molecular weight is 309 g/mol. The quantitative estimate of drug-likeness (QED) is 0.597. The van der Waals surface area contributed by atoms with Crippen LogP contribution in [0.3, 0.4) is 0 Å². The number of hydrogen-bond acceptors (Lipinski definition) is 4. The normalized spacial score (nSPS) is 10.4. The van der Waals surface area contributed by atoms with E-state index < -0.39 is 0 Å². The molecule has 0 aromatic heterocycles. The fourth-order valence-corrected chi connectivity index (χ4v) is 1.46. The summed E-state index contributed by atoms with van der Waals surface area (Å²) in [5.41, 5.74) is 10.2. The number of hydrogen-bond donors (Lipinski definition) is 2. The van der Waals surface area contributed by atoms with E-state index in [1.54, 1.807) is 4.90 Å². The SMILES string of the molecule is CC(C)C.CN(C)CC(=O)NOCCc1ccc(CN)cc1. The molecule has 0 bridgehead atoms. The van der Waals surface area contributed by atoms with Gasteiger partial charge in [0.25, 0.3) is 5.91 Å². The zero-order valence-electron chi connectivity index (χ0n) is 14.6. The van der Waals surface area contributed by atoms with Crippen LogP contribution in [0.1, 0.15) is 31.9 Å². The van der Waals surface area contributed by atoms with Crippen molar-refractivity contribution in [1.82, 2.24) is 10.4 Å². The van der Waals surface area contributed by atoms with Gasteiger partial charge in [-0.25, -0.2) is 5.48 Å². The Morgan fingerprint density at radius 2 is 1.68 bits per heavy atom. The minimum Gasteiger partial charge on any atom is -0.326 e. The van der Waals surface area contributed by atoms with Crippen LogP contribution in [0.2, 0.25) is 0 Å². The predicted molar refractivity (Wildman–Crippen MR) is 91.2 cm³/mol. The molecule has 0 unspecified atom stereocenters. The monoisotopic (exact) mass is 309 g/mol. The van der Waals surface area contributed by atoms with Crippen LogP contribution in [-0.4, -0.2) is 38.1 Å². The molecule has 0 fully saturated rings. The standard InChI is InChI=1S/C13H21N3O2.C4H10/c1-16(2)10-13(17)15-18-8-7-11-3-5-12(9-14)6-4-11;1-4(2)3/h3-6H,7-10,14H2,1-2H3,(H,15,17);4H,1-3H3. The Morgan fingerprint density at radius 1 is 1.18 bits per heavy atom. The lowest BCUT2D eigenvalue weighted by Gasteiger charge is -2.10. The minimum absolute atomic E-state index is 0.140.